The molecule has 0 aliphatic rings. The smallest absolute Gasteiger partial charge is 0.271 e. The molecule has 2 aromatic carbocycles. The van der Waals surface area contributed by atoms with Crippen molar-refractivity contribution in [3.05, 3.63) is 70.0 Å². The quantitative estimate of drug-likeness (QED) is 0.240. The zero-order valence-corrected chi connectivity index (χ0v) is 15.5. The predicted molar refractivity (Wildman–Crippen MR) is 108 cm³/mol. The number of H-pyrrole nitrogens is 2. The van der Waals surface area contributed by atoms with Crippen molar-refractivity contribution in [2.24, 2.45) is 0 Å². The van der Waals surface area contributed by atoms with Crippen LogP contribution in [0.2, 0.25) is 0 Å². The standard InChI is InChI=1S/C9H8N2O2.C9H10N2.C2H6/c1-6-5-10-9-4-7(11(12)13)2-3-8(6)9;1-6-5-11-9-4-7(10)2-3-8(6)9;1-2/h2-5,10H,1H3;2-5,11H,10H2,1H3;1-2H3. The van der Waals surface area contributed by atoms with Crippen LogP contribution in [0.5, 0.6) is 0 Å². The van der Waals surface area contributed by atoms with Crippen molar-refractivity contribution < 1.29 is 4.92 Å². The largest absolute Gasteiger partial charge is 0.399 e. The van der Waals surface area contributed by atoms with Gasteiger partial charge in [0.25, 0.3) is 5.69 Å². The number of hydrogen-bond donors (Lipinski definition) is 3. The van der Waals surface area contributed by atoms with E-state index in [1.54, 1.807) is 12.1 Å². The summed E-state index contributed by atoms with van der Waals surface area (Å²) in [4.78, 5) is 16.2. The van der Waals surface area contributed by atoms with Gasteiger partial charge in [0.05, 0.1) is 10.4 Å². The van der Waals surface area contributed by atoms with Gasteiger partial charge in [0.1, 0.15) is 0 Å². The average Bonchev–Trinajstić information content (AvgIpc) is 3.20. The van der Waals surface area contributed by atoms with Gasteiger partial charge in [-0.25, -0.2) is 0 Å². The lowest BCUT2D eigenvalue weighted by molar-refractivity contribution is -0.384. The second-order valence-electron chi connectivity index (χ2n) is 5.74. The number of nitro benzene ring substituents is 1. The van der Waals surface area contributed by atoms with E-state index in [1.165, 1.54) is 17.0 Å². The number of nitrogens with one attached hydrogen (secondary N) is 2. The van der Waals surface area contributed by atoms with Crippen LogP contribution in [-0.4, -0.2) is 14.9 Å². The topological polar surface area (TPSA) is 101 Å². The van der Waals surface area contributed by atoms with Crippen molar-refractivity contribution in [3.8, 4) is 0 Å². The minimum absolute atomic E-state index is 0.120. The van der Waals surface area contributed by atoms with Crippen LogP contribution in [0.4, 0.5) is 11.4 Å². The summed E-state index contributed by atoms with van der Waals surface area (Å²) >= 11 is 0. The summed E-state index contributed by atoms with van der Waals surface area (Å²) in [6, 6.07) is 10.7. The SMILES string of the molecule is CC.Cc1c[nH]c2cc(N)ccc12.Cc1c[nH]c2cc([N+](=O)[O-])ccc12. The van der Waals surface area contributed by atoms with Crippen molar-refractivity contribution >= 4 is 33.2 Å². The van der Waals surface area contributed by atoms with E-state index in [2.05, 4.69) is 16.9 Å². The Morgan fingerprint density at radius 2 is 1.38 bits per heavy atom. The van der Waals surface area contributed by atoms with Crippen LogP contribution in [0.15, 0.2) is 48.8 Å². The molecule has 4 N–H and O–H groups in total. The maximum Gasteiger partial charge on any atom is 0.271 e. The maximum atomic E-state index is 10.4. The number of nitro groups is 1. The fourth-order valence-electron chi connectivity index (χ4n) is 2.66. The number of fused-ring (bicyclic) bond motifs is 2. The molecule has 0 amide bonds. The summed E-state index contributed by atoms with van der Waals surface area (Å²) in [7, 11) is 0. The molecule has 6 heteroatoms. The number of anilines is 1. The molecule has 4 aromatic rings. The number of aromatic amines is 2. The zero-order valence-electron chi connectivity index (χ0n) is 15.5. The van der Waals surface area contributed by atoms with Crippen LogP contribution in [0, 0.1) is 24.0 Å². The monoisotopic (exact) mass is 352 g/mol. The second kappa shape index (κ2) is 8.20. The number of nitrogens with zero attached hydrogens (tertiary/aromatic N) is 1. The van der Waals surface area contributed by atoms with Crippen molar-refractivity contribution in [1.82, 2.24) is 9.97 Å². The molecule has 0 unspecified atom stereocenters. The Hall–Kier alpha value is -3.28. The summed E-state index contributed by atoms with van der Waals surface area (Å²) in [5.41, 5.74) is 10.8. The van der Waals surface area contributed by atoms with Gasteiger partial charge >= 0.3 is 0 Å². The van der Waals surface area contributed by atoms with E-state index in [9.17, 15) is 10.1 Å². The van der Waals surface area contributed by atoms with Crippen LogP contribution in [0.1, 0.15) is 25.0 Å². The predicted octanol–water partition coefficient (Wildman–Crippen LogP) is 5.47. The van der Waals surface area contributed by atoms with Crippen LogP contribution < -0.4 is 5.73 Å². The van der Waals surface area contributed by atoms with Gasteiger partial charge < -0.3 is 15.7 Å². The number of aryl methyl sites for hydroxylation is 2. The van der Waals surface area contributed by atoms with Gasteiger partial charge in [0.15, 0.2) is 0 Å². The van der Waals surface area contributed by atoms with E-state index >= 15 is 0 Å². The Balaban J connectivity index is 0.000000173. The Morgan fingerprint density at radius 1 is 0.885 bits per heavy atom. The summed E-state index contributed by atoms with van der Waals surface area (Å²) in [5.74, 6) is 0. The minimum atomic E-state index is -0.393. The molecule has 4 rings (SSSR count). The van der Waals surface area contributed by atoms with E-state index in [0.717, 1.165) is 27.7 Å². The summed E-state index contributed by atoms with van der Waals surface area (Å²) < 4.78 is 0. The van der Waals surface area contributed by atoms with Crippen LogP contribution in [-0.2, 0) is 0 Å². The van der Waals surface area contributed by atoms with Crippen LogP contribution in [0.3, 0.4) is 0 Å². The first kappa shape index (κ1) is 19.1. The lowest BCUT2D eigenvalue weighted by Gasteiger charge is -1.92. The second-order valence-corrected chi connectivity index (χ2v) is 5.74. The van der Waals surface area contributed by atoms with Gasteiger partial charge in [-0.1, -0.05) is 19.9 Å². The molecule has 0 bridgehead atoms. The van der Waals surface area contributed by atoms with Gasteiger partial charge in [0, 0.05) is 46.5 Å². The highest BCUT2D eigenvalue weighted by molar-refractivity contribution is 5.85. The van der Waals surface area contributed by atoms with E-state index in [4.69, 9.17) is 5.73 Å². The summed E-state index contributed by atoms with van der Waals surface area (Å²) in [6.07, 6.45) is 3.83. The molecule has 2 heterocycles. The van der Waals surface area contributed by atoms with Crippen LogP contribution >= 0.6 is 0 Å². The summed E-state index contributed by atoms with van der Waals surface area (Å²) in [5, 5.41) is 12.7. The third-order valence-electron chi connectivity index (χ3n) is 4.00. The average molecular weight is 352 g/mol. The highest BCUT2D eigenvalue weighted by atomic mass is 16.6. The van der Waals surface area contributed by atoms with E-state index in [-0.39, 0.29) is 5.69 Å². The maximum absolute atomic E-state index is 10.4. The number of aromatic nitrogens is 2. The highest BCUT2D eigenvalue weighted by Gasteiger charge is 2.07. The van der Waals surface area contributed by atoms with Crippen LogP contribution in [0.25, 0.3) is 21.8 Å². The Kier molecular flexibility index (Phi) is 6.01. The van der Waals surface area contributed by atoms with Crippen molar-refractivity contribution in [3.63, 3.8) is 0 Å². The molecule has 26 heavy (non-hydrogen) atoms. The number of benzene rings is 2. The number of hydrogen-bond acceptors (Lipinski definition) is 3. The molecule has 0 fully saturated rings. The van der Waals surface area contributed by atoms with Gasteiger partial charge in [-0.3, -0.25) is 10.1 Å². The van der Waals surface area contributed by atoms with E-state index in [0.29, 0.717) is 0 Å². The molecular formula is C20H24N4O2. The normalized spacial score (nSPS) is 10.0. The fraction of sp³-hybridized carbons (Fsp3) is 0.200. The van der Waals surface area contributed by atoms with Gasteiger partial charge in [-0.2, -0.15) is 0 Å². The summed E-state index contributed by atoms with van der Waals surface area (Å²) in [6.45, 7) is 8.04. The molecule has 0 aliphatic carbocycles. The third kappa shape index (κ3) is 4.03. The van der Waals surface area contributed by atoms with E-state index in [1.807, 2.05) is 51.4 Å². The first-order chi connectivity index (χ1) is 12.5. The third-order valence-corrected chi connectivity index (χ3v) is 4.00. The van der Waals surface area contributed by atoms with Crippen molar-refractivity contribution in [2.75, 3.05) is 5.73 Å². The molecule has 0 saturated carbocycles. The number of non-ortho nitro benzene ring substituents is 1. The van der Waals surface area contributed by atoms with Crippen molar-refractivity contribution in [1.29, 1.82) is 0 Å². The molecular weight excluding hydrogens is 328 g/mol. The number of nitrogens with two attached hydrogens (primary N) is 1. The number of rotatable bonds is 1. The lowest BCUT2D eigenvalue weighted by Crippen LogP contribution is -1.86. The molecule has 6 nitrogen and oxygen atoms in total. The molecule has 136 valence electrons. The molecule has 0 atom stereocenters. The Labute approximate surface area is 152 Å². The Bertz CT molecular complexity index is 1030. The van der Waals surface area contributed by atoms with Gasteiger partial charge in [-0.05, 0) is 43.2 Å². The van der Waals surface area contributed by atoms with Crippen molar-refractivity contribution in [2.45, 2.75) is 27.7 Å². The first-order valence-electron chi connectivity index (χ1n) is 8.51. The Morgan fingerprint density at radius 3 is 1.92 bits per heavy atom. The molecule has 2 aromatic heterocycles. The van der Waals surface area contributed by atoms with E-state index < -0.39 is 4.92 Å². The molecule has 0 saturated heterocycles. The lowest BCUT2D eigenvalue weighted by atomic mass is 10.2. The van der Waals surface area contributed by atoms with Gasteiger partial charge in [0.2, 0.25) is 0 Å². The zero-order chi connectivity index (χ0) is 19.3. The van der Waals surface area contributed by atoms with Gasteiger partial charge in [-0.15, -0.1) is 0 Å². The molecule has 0 spiro atoms. The number of nitrogen functional groups attached to an aromatic ring is 1. The molecule has 0 radical (unpaired) electrons. The molecule has 0 aliphatic heterocycles. The fourth-order valence-corrected chi connectivity index (χ4v) is 2.66. The first-order valence-corrected chi connectivity index (χ1v) is 8.51. The minimum Gasteiger partial charge on any atom is -0.399 e. The highest BCUT2D eigenvalue weighted by Crippen LogP contribution is 2.22.